The summed E-state index contributed by atoms with van der Waals surface area (Å²) in [5, 5.41) is 0. The molecule has 0 saturated carbocycles. The van der Waals surface area contributed by atoms with E-state index in [-0.39, 0.29) is 12.4 Å². The van der Waals surface area contributed by atoms with Crippen molar-refractivity contribution in [3.63, 3.8) is 0 Å². The standard InChI is InChI=1S/C41H82O14/c1-3-4-5-6-7-8-9-10-11-12-13-14-15-17-44-19-21-46-23-25-48-27-29-50-31-33-52-35-37-54-39-40-55-38-36-53-34-32-51-30-28-49-26-24-47-22-20-45-18-16-41(42)43-2/h3-40H2,1-2H3. The highest BCUT2D eigenvalue weighted by molar-refractivity contribution is 5.69. The monoisotopic (exact) mass is 799 g/mol. The van der Waals surface area contributed by atoms with E-state index in [2.05, 4.69) is 11.7 Å². The zero-order chi connectivity index (χ0) is 39.6. The molecule has 0 rings (SSSR count). The average Bonchev–Trinajstić information content (AvgIpc) is 3.20. The summed E-state index contributed by atoms with van der Waals surface area (Å²) >= 11 is 0. The first kappa shape index (κ1) is 54.0. The molecule has 0 radical (unpaired) electrons. The molecule has 0 bridgehead atoms. The summed E-state index contributed by atoms with van der Waals surface area (Å²) in [6.07, 6.45) is 18.0. The largest absolute Gasteiger partial charge is 0.469 e. The second-order valence-corrected chi connectivity index (χ2v) is 12.9. The number of esters is 1. The predicted molar refractivity (Wildman–Crippen MR) is 212 cm³/mol. The minimum absolute atomic E-state index is 0.246. The van der Waals surface area contributed by atoms with E-state index in [0.717, 1.165) is 13.0 Å². The van der Waals surface area contributed by atoms with Gasteiger partial charge in [0.1, 0.15) is 0 Å². The molecule has 14 heteroatoms. The Labute approximate surface area is 334 Å². The van der Waals surface area contributed by atoms with E-state index >= 15 is 0 Å². The zero-order valence-electron chi connectivity index (χ0n) is 35.1. The molecule has 0 amide bonds. The Morgan fingerprint density at radius 3 is 0.709 bits per heavy atom. The third-order valence-electron chi connectivity index (χ3n) is 8.16. The maximum atomic E-state index is 10.9. The fraction of sp³-hybridized carbons (Fsp3) is 0.976. The lowest BCUT2D eigenvalue weighted by Gasteiger charge is -2.09. The number of hydrogen-bond donors (Lipinski definition) is 0. The Hall–Kier alpha value is -1.01. The van der Waals surface area contributed by atoms with Crippen LogP contribution in [-0.2, 0) is 66.4 Å². The van der Waals surface area contributed by atoms with Gasteiger partial charge in [-0.1, -0.05) is 84.0 Å². The zero-order valence-corrected chi connectivity index (χ0v) is 35.1. The third kappa shape index (κ3) is 51.0. The lowest BCUT2D eigenvalue weighted by molar-refractivity contribution is -0.141. The van der Waals surface area contributed by atoms with Crippen LogP contribution in [0.1, 0.15) is 96.8 Å². The molecule has 0 aliphatic heterocycles. The Balaban J connectivity index is 3.06. The fourth-order valence-corrected chi connectivity index (χ4v) is 5.00. The number of carbonyl (C=O) groups excluding carboxylic acids is 1. The summed E-state index contributed by atoms with van der Waals surface area (Å²) in [7, 11) is 1.36. The first-order valence-electron chi connectivity index (χ1n) is 21.3. The van der Waals surface area contributed by atoms with E-state index in [9.17, 15) is 4.79 Å². The van der Waals surface area contributed by atoms with Crippen LogP contribution in [0.3, 0.4) is 0 Å². The number of unbranched alkanes of at least 4 members (excludes halogenated alkanes) is 12. The van der Waals surface area contributed by atoms with Gasteiger partial charge in [0, 0.05) is 6.61 Å². The van der Waals surface area contributed by atoms with Gasteiger partial charge in [-0.15, -0.1) is 0 Å². The van der Waals surface area contributed by atoms with E-state index in [1.807, 2.05) is 0 Å². The van der Waals surface area contributed by atoms with Crippen LogP contribution in [0.15, 0.2) is 0 Å². The van der Waals surface area contributed by atoms with Gasteiger partial charge in [-0.05, 0) is 6.42 Å². The summed E-state index contributed by atoms with van der Waals surface area (Å²) in [6.45, 7) is 14.8. The summed E-state index contributed by atoms with van der Waals surface area (Å²) < 4.78 is 70.4. The third-order valence-corrected chi connectivity index (χ3v) is 8.16. The molecule has 0 heterocycles. The van der Waals surface area contributed by atoms with Crippen LogP contribution in [0.2, 0.25) is 0 Å². The van der Waals surface area contributed by atoms with Crippen molar-refractivity contribution in [2.24, 2.45) is 0 Å². The minimum atomic E-state index is -0.284. The van der Waals surface area contributed by atoms with Gasteiger partial charge in [0.05, 0.1) is 165 Å². The smallest absolute Gasteiger partial charge is 0.307 e. The molecule has 14 nitrogen and oxygen atoms in total. The number of carbonyl (C=O) groups is 1. The van der Waals surface area contributed by atoms with Crippen LogP contribution in [0.25, 0.3) is 0 Å². The predicted octanol–water partition coefficient (Wildman–Crippen LogP) is 5.84. The number of hydrogen-bond acceptors (Lipinski definition) is 14. The summed E-state index contributed by atoms with van der Waals surface area (Å²) in [6, 6.07) is 0. The first-order valence-corrected chi connectivity index (χ1v) is 21.3. The van der Waals surface area contributed by atoms with E-state index in [0.29, 0.717) is 152 Å². The lowest BCUT2D eigenvalue weighted by atomic mass is 10.0. The molecule has 0 unspecified atom stereocenters. The van der Waals surface area contributed by atoms with E-state index < -0.39 is 0 Å². The highest BCUT2D eigenvalue weighted by Crippen LogP contribution is 2.12. The molecule has 0 aliphatic rings. The van der Waals surface area contributed by atoms with Gasteiger partial charge in [-0.2, -0.15) is 0 Å². The quantitative estimate of drug-likeness (QED) is 0.0539. The maximum Gasteiger partial charge on any atom is 0.307 e. The normalized spacial score (nSPS) is 11.5. The van der Waals surface area contributed by atoms with E-state index in [4.69, 9.17) is 56.8 Å². The van der Waals surface area contributed by atoms with E-state index in [1.54, 1.807) is 0 Å². The molecule has 0 aliphatic carbocycles. The van der Waals surface area contributed by atoms with Crippen molar-refractivity contribution in [2.45, 2.75) is 96.8 Å². The van der Waals surface area contributed by atoms with Crippen LogP contribution < -0.4 is 0 Å². The fourth-order valence-electron chi connectivity index (χ4n) is 5.00. The Morgan fingerprint density at radius 1 is 0.273 bits per heavy atom. The summed E-state index contributed by atoms with van der Waals surface area (Å²) in [4.78, 5) is 10.9. The second kappa shape index (κ2) is 51.0. The van der Waals surface area contributed by atoms with Crippen molar-refractivity contribution in [2.75, 3.05) is 166 Å². The molecule has 0 spiro atoms. The van der Waals surface area contributed by atoms with Crippen LogP contribution in [0.5, 0.6) is 0 Å². The van der Waals surface area contributed by atoms with Gasteiger partial charge < -0.3 is 61.6 Å². The highest BCUT2D eigenvalue weighted by atomic mass is 16.6. The van der Waals surface area contributed by atoms with Crippen molar-refractivity contribution < 1.29 is 66.4 Å². The lowest BCUT2D eigenvalue weighted by Crippen LogP contribution is -2.15. The highest BCUT2D eigenvalue weighted by Gasteiger charge is 2.00. The Bertz CT molecular complexity index is 706. The van der Waals surface area contributed by atoms with Crippen LogP contribution >= 0.6 is 0 Å². The number of ether oxygens (including phenoxy) is 13. The van der Waals surface area contributed by atoms with Gasteiger partial charge in [-0.25, -0.2) is 0 Å². The van der Waals surface area contributed by atoms with Crippen molar-refractivity contribution >= 4 is 5.97 Å². The van der Waals surface area contributed by atoms with Crippen molar-refractivity contribution in [3.05, 3.63) is 0 Å². The molecule has 0 atom stereocenters. The minimum Gasteiger partial charge on any atom is -0.469 e. The molecule has 0 aromatic heterocycles. The molecule has 0 N–H and O–H groups in total. The average molecular weight is 799 g/mol. The van der Waals surface area contributed by atoms with Crippen LogP contribution in [-0.4, -0.2) is 172 Å². The molecular weight excluding hydrogens is 716 g/mol. The Kier molecular flexibility index (Phi) is 50.1. The summed E-state index contributed by atoms with van der Waals surface area (Å²) in [5.41, 5.74) is 0. The van der Waals surface area contributed by atoms with Gasteiger partial charge in [0.2, 0.25) is 0 Å². The summed E-state index contributed by atoms with van der Waals surface area (Å²) in [5.74, 6) is -0.284. The van der Waals surface area contributed by atoms with Crippen LogP contribution in [0, 0.1) is 0 Å². The molecule has 330 valence electrons. The number of rotatable bonds is 50. The SMILES string of the molecule is CCCCCCCCCCCCCCCOCCOCCOCCOCCOCCOCCOCCOCCOCCOCCOCCOCCC(=O)OC. The topological polar surface area (TPSA) is 137 Å². The molecule has 0 saturated heterocycles. The van der Waals surface area contributed by atoms with Crippen molar-refractivity contribution in [1.29, 1.82) is 0 Å². The van der Waals surface area contributed by atoms with E-state index in [1.165, 1.54) is 84.2 Å². The number of methoxy groups -OCH3 is 1. The van der Waals surface area contributed by atoms with Gasteiger partial charge in [-0.3, -0.25) is 4.79 Å². The van der Waals surface area contributed by atoms with Gasteiger partial charge in [0.15, 0.2) is 0 Å². The molecule has 0 fully saturated rings. The molecular formula is C41H82O14. The van der Waals surface area contributed by atoms with Crippen LogP contribution in [0.4, 0.5) is 0 Å². The van der Waals surface area contributed by atoms with Crippen molar-refractivity contribution in [1.82, 2.24) is 0 Å². The maximum absolute atomic E-state index is 10.9. The van der Waals surface area contributed by atoms with Gasteiger partial charge in [0.25, 0.3) is 0 Å². The first-order chi connectivity index (χ1) is 27.3. The Morgan fingerprint density at radius 2 is 0.473 bits per heavy atom. The molecule has 0 aromatic rings. The molecule has 0 aromatic carbocycles. The second-order valence-electron chi connectivity index (χ2n) is 12.9. The van der Waals surface area contributed by atoms with Gasteiger partial charge >= 0.3 is 5.97 Å². The molecule has 55 heavy (non-hydrogen) atoms. The van der Waals surface area contributed by atoms with Crippen molar-refractivity contribution in [3.8, 4) is 0 Å².